The van der Waals surface area contributed by atoms with Crippen molar-refractivity contribution in [2.24, 2.45) is 0 Å². The van der Waals surface area contributed by atoms with E-state index >= 15 is 0 Å². The van der Waals surface area contributed by atoms with Crippen molar-refractivity contribution in [1.82, 2.24) is 9.97 Å². The minimum atomic E-state index is -4.65. The molecule has 5 nitrogen and oxygen atoms in total. The standard InChI is InChI=1S/C20H15ClF3N3O2S/c1-29-15-8-2-12(3-9-15)16-10-17(20(22,23)24)27-19(26-16)30-11-18(28)25-14-6-4-13(21)5-7-14/h2-10H,11H2,1H3,(H,25,28). The molecule has 156 valence electrons. The SMILES string of the molecule is COc1ccc(-c2cc(C(F)(F)F)nc(SCC(=O)Nc3ccc(Cl)cc3)n2)cc1. The third kappa shape index (κ3) is 5.87. The Morgan fingerprint density at radius 3 is 2.37 bits per heavy atom. The van der Waals surface area contributed by atoms with E-state index in [4.69, 9.17) is 16.3 Å². The summed E-state index contributed by atoms with van der Waals surface area (Å²) in [6, 6.07) is 13.8. The van der Waals surface area contributed by atoms with E-state index in [0.29, 0.717) is 22.0 Å². The number of halogens is 4. The van der Waals surface area contributed by atoms with Gasteiger partial charge in [0.15, 0.2) is 5.16 Å². The van der Waals surface area contributed by atoms with Gasteiger partial charge in [0, 0.05) is 16.3 Å². The molecule has 30 heavy (non-hydrogen) atoms. The van der Waals surface area contributed by atoms with Crippen LogP contribution in [0.25, 0.3) is 11.3 Å². The molecule has 0 unspecified atom stereocenters. The number of carbonyl (C=O) groups is 1. The number of rotatable bonds is 6. The van der Waals surface area contributed by atoms with E-state index in [9.17, 15) is 18.0 Å². The lowest BCUT2D eigenvalue weighted by Crippen LogP contribution is -2.15. The maximum Gasteiger partial charge on any atom is 0.433 e. The number of carbonyl (C=O) groups excluding carboxylic acids is 1. The molecule has 0 radical (unpaired) electrons. The van der Waals surface area contributed by atoms with Crippen LogP contribution in [-0.4, -0.2) is 28.7 Å². The van der Waals surface area contributed by atoms with E-state index in [2.05, 4.69) is 15.3 Å². The number of amides is 1. The predicted octanol–water partition coefficient (Wildman–Crippen LogP) is 5.56. The summed E-state index contributed by atoms with van der Waals surface area (Å²) in [5.41, 5.74) is 0.00885. The van der Waals surface area contributed by atoms with Crippen LogP contribution in [0.3, 0.4) is 0 Å². The van der Waals surface area contributed by atoms with Crippen molar-refractivity contribution in [1.29, 1.82) is 0 Å². The Morgan fingerprint density at radius 1 is 1.10 bits per heavy atom. The molecule has 1 amide bonds. The van der Waals surface area contributed by atoms with Gasteiger partial charge < -0.3 is 10.1 Å². The van der Waals surface area contributed by atoms with E-state index in [1.54, 1.807) is 48.5 Å². The van der Waals surface area contributed by atoms with Crippen LogP contribution in [0.5, 0.6) is 5.75 Å². The van der Waals surface area contributed by atoms with Gasteiger partial charge in [-0.05, 0) is 54.6 Å². The lowest BCUT2D eigenvalue weighted by atomic mass is 10.1. The van der Waals surface area contributed by atoms with Gasteiger partial charge in [-0.2, -0.15) is 13.2 Å². The summed E-state index contributed by atoms with van der Waals surface area (Å²) >= 11 is 6.60. The van der Waals surface area contributed by atoms with Crippen molar-refractivity contribution >= 4 is 35.0 Å². The molecule has 0 fully saturated rings. The fourth-order valence-corrected chi connectivity index (χ4v) is 3.19. The minimum Gasteiger partial charge on any atom is -0.497 e. The van der Waals surface area contributed by atoms with Gasteiger partial charge in [-0.3, -0.25) is 4.79 Å². The molecule has 1 heterocycles. The number of ether oxygens (including phenoxy) is 1. The van der Waals surface area contributed by atoms with Crippen molar-refractivity contribution in [3.63, 3.8) is 0 Å². The molecule has 0 saturated heterocycles. The molecule has 3 aromatic rings. The third-order valence-corrected chi connectivity index (χ3v) is 4.94. The molecule has 0 saturated carbocycles. The topological polar surface area (TPSA) is 64.1 Å². The Hall–Kier alpha value is -2.78. The highest BCUT2D eigenvalue weighted by molar-refractivity contribution is 7.99. The number of benzene rings is 2. The highest BCUT2D eigenvalue weighted by atomic mass is 35.5. The van der Waals surface area contributed by atoms with E-state index in [-0.39, 0.29) is 16.6 Å². The number of thioether (sulfide) groups is 1. The Kier molecular flexibility index (Phi) is 6.84. The molecule has 0 aliphatic rings. The number of anilines is 1. The normalized spacial score (nSPS) is 11.2. The average molecular weight is 454 g/mol. The van der Waals surface area contributed by atoms with Gasteiger partial charge in [-0.15, -0.1) is 0 Å². The van der Waals surface area contributed by atoms with E-state index in [1.165, 1.54) is 7.11 Å². The van der Waals surface area contributed by atoms with Gasteiger partial charge in [0.2, 0.25) is 5.91 Å². The van der Waals surface area contributed by atoms with E-state index < -0.39 is 17.8 Å². The Bertz CT molecular complexity index is 1030. The smallest absolute Gasteiger partial charge is 0.433 e. The van der Waals surface area contributed by atoms with Crippen LogP contribution in [0, 0.1) is 0 Å². The van der Waals surface area contributed by atoms with E-state index in [0.717, 1.165) is 17.8 Å². The van der Waals surface area contributed by atoms with Crippen LogP contribution in [0.15, 0.2) is 59.8 Å². The summed E-state index contributed by atoms with van der Waals surface area (Å²) < 4.78 is 44.9. The molecule has 1 aromatic heterocycles. The first-order chi connectivity index (χ1) is 14.2. The summed E-state index contributed by atoms with van der Waals surface area (Å²) in [4.78, 5) is 19.9. The fraction of sp³-hybridized carbons (Fsp3) is 0.150. The predicted molar refractivity (Wildman–Crippen MR) is 110 cm³/mol. The molecular weight excluding hydrogens is 439 g/mol. The number of nitrogens with one attached hydrogen (secondary N) is 1. The lowest BCUT2D eigenvalue weighted by molar-refractivity contribution is -0.141. The zero-order chi connectivity index (χ0) is 21.7. The fourth-order valence-electron chi connectivity index (χ4n) is 2.40. The molecule has 2 aromatic carbocycles. The summed E-state index contributed by atoms with van der Waals surface area (Å²) in [7, 11) is 1.49. The number of methoxy groups -OCH3 is 1. The third-order valence-electron chi connectivity index (χ3n) is 3.84. The number of hydrogen-bond acceptors (Lipinski definition) is 5. The second-order valence-electron chi connectivity index (χ2n) is 5.99. The minimum absolute atomic E-state index is 0.0978. The van der Waals surface area contributed by atoms with Gasteiger partial charge in [-0.1, -0.05) is 23.4 Å². The second-order valence-corrected chi connectivity index (χ2v) is 7.37. The van der Waals surface area contributed by atoms with Crippen LogP contribution in [0.1, 0.15) is 5.69 Å². The summed E-state index contributed by atoms with van der Waals surface area (Å²) in [5.74, 6) is -0.00179. The zero-order valence-electron chi connectivity index (χ0n) is 15.5. The van der Waals surface area contributed by atoms with Crippen LogP contribution >= 0.6 is 23.4 Å². The van der Waals surface area contributed by atoms with Crippen molar-refractivity contribution in [3.05, 3.63) is 65.3 Å². The first kappa shape index (κ1) is 21.9. The molecule has 0 bridgehead atoms. The maximum atomic E-state index is 13.3. The monoisotopic (exact) mass is 453 g/mol. The van der Waals surface area contributed by atoms with Crippen molar-refractivity contribution in [2.45, 2.75) is 11.3 Å². The van der Waals surface area contributed by atoms with Gasteiger partial charge >= 0.3 is 6.18 Å². The number of nitrogens with zero attached hydrogens (tertiary/aromatic N) is 2. The first-order valence-corrected chi connectivity index (χ1v) is 9.90. The first-order valence-electron chi connectivity index (χ1n) is 8.53. The number of alkyl halides is 3. The van der Waals surface area contributed by atoms with Crippen molar-refractivity contribution < 1.29 is 22.7 Å². The Labute approximate surface area is 179 Å². The molecular formula is C20H15ClF3N3O2S. The molecule has 0 spiro atoms. The second kappa shape index (κ2) is 9.36. The molecule has 1 N–H and O–H groups in total. The summed E-state index contributed by atoms with van der Waals surface area (Å²) in [6.07, 6.45) is -4.65. The number of aromatic nitrogens is 2. The average Bonchev–Trinajstić information content (AvgIpc) is 2.73. The van der Waals surface area contributed by atoms with Gasteiger partial charge in [0.05, 0.1) is 18.6 Å². The quantitative estimate of drug-likeness (QED) is 0.391. The zero-order valence-corrected chi connectivity index (χ0v) is 17.1. The van der Waals surface area contributed by atoms with Crippen LogP contribution in [0.2, 0.25) is 5.02 Å². The van der Waals surface area contributed by atoms with Gasteiger partial charge in [-0.25, -0.2) is 9.97 Å². The molecule has 10 heteroatoms. The van der Waals surface area contributed by atoms with Crippen molar-refractivity contribution in [3.8, 4) is 17.0 Å². The molecule has 3 rings (SSSR count). The molecule has 0 atom stereocenters. The van der Waals surface area contributed by atoms with Crippen molar-refractivity contribution in [2.75, 3.05) is 18.2 Å². The highest BCUT2D eigenvalue weighted by Gasteiger charge is 2.34. The summed E-state index contributed by atoms with van der Waals surface area (Å²) in [5, 5.41) is 3.00. The largest absolute Gasteiger partial charge is 0.497 e. The summed E-state index contributed by atoms with van der Waals surface area (Å²) in [6.45, 7) is 0. The Balaban J connectivity index is 1.79. The van der Waals surface area contributed by atoms with Crippen LogP contribution < -0.4 is 10.1 Å². The lowest BCUT2D eigenvalue weighted by Gasteiger charge is -2.11. The van der Waals surface area contributed by atoms with E-state index in [1.807, 2.05) is 0 Å². The van der Waals surface area contributed by atoms with Crippen LogP contribution in [0.4, 0.5) is 18.9 Å². The van der Waals surface area contributed by atoms with Crippen LogP contribution in [-0.2, 0) is 11.0 Å². The molecule has 0 aliphatic heterocycles. The van der Waals surface area contributed by atoms with Gasteiger partial charge in [0.1, 0.15) is 11.4 Å². The molecule has 0 aliphatic carbocycles. The maximum absolute atomic E-state index is 13.3. The number of hydrogen-bond donors (Lipinski definition) is 1. The Morgan fingerprint density at radius 2 is 1.77 bits per heavy atom. The highest BCUT2D eigenvalue weighted by Crippen LogP contribution is 2.32. The van der Waals surface area contributed by atoms with Gasteiger partial charge in [0.25, 0.3) is 0 Å².